The molecule has 0 bridgehead atoms. The van der Waals surface area contributed by atoms with Gasteiger partial charge in [-0.3, -0.25) is 4.79 Å². The molecule has 2 saturated heterocycles. The van der Waals surface area contributed by atoms with Gasteiger partial charge in [-0.1, -0.05) is 0 Å². The number of amides is 1. The van der Waals surface area contributed by atoms with Crippen LogP contribution in [0.15, 0.2) is 24.3 Å². The molecule has 1 aromatic rings. The Labute approximate surface area is 136 Å². The Kier molecular flexibility index (Phi) is 5.48. The van der Waals surface area contributed by atoms with E-state index in [-0.39, 0.29) is 24.2 Å². The third-order valence-electron chi connectivity index (χ3n) is 4.18. The van der Waals surface area contributed by atoms with Crippen LogP contribution in [0.3, 0.4) is 0 Å². The van der Waals surface area contributed by atoms with Crippen molar-refractivity contribution in [2.24, 2.45) is 0 Å². The second-order valence-electron chi connectivity index (χ2n) is 5.97. The van der Waals surface area contributed by atoms with E-state index >= 15 is 0 Å². The van der Waals surface area contributed by atoms with Crippen LogP contribution >= 0.6 is 0 Å². The van der Waals surface area contributed by atoms with Crippen molar-refractivity contribution >= 4 is 11.6 Å². The quantitative estimate of drug-likeness (QED) is 0.862. The first-order valence-electron chi connectivity index (χ1n) is 8.23. The second kappa shape index (κ2) is 7.77. The number of anilines is 1. The van der Waals surface area contributed by atoms with E-state index in [4.69, 9.17) is 14.2 Å². The van der Waals surface area contributed by atoms with Gasteiger partial charge in [-0.2, -0.15) is 0 Å². The zero-order valence-electron chi connectivity index (χ0n) is 13.4. The molecule has 6 heteroatoms. The lowest BCUT2D eigenvalue weighted by Crippen LogP contribution is -2.53. The van der Waals surface area contributed by atoms with Crippen LogP contribution in [-0.2, 0) is 14.3 Å². The molecule has 0 spiro atoms. The molecule has 1 aromatic carbocycles. The molecule has 23 heavy (non-hydrogen) atoms. The van der Waals surface area contributed by atoms with E-state index in [2.05, 4.69) is 10.6 Å². The Bertz CT molecular complexity index is 514. The minimum atomic E-state index is -0.320. The zero-order chi connectivity index (χ0) is 16.1. The Morgan fingerprint density at radius 3 is 2.83 bits per heavy atom. The Balaban J connectivity index is 1.49. The highest BCUT2D eigenvalue weighted by Gasteiger charge is 2.28. The second-order valence-corrected chi connectivity index (χ2v) is 5.97. The predicted octanol–water partition coefficient (Wildman–Crippen LogP) is 1.56. The lowest BCUT2D eigenvalue weighted by molar-refractivity contribution is -0.123. The van der Waals surface area contributed by atoms with E-state index in [9.17, 15) is 4.79 Å². The van der Waals surface area contributed by atoms with E-state index in [0.717, 1.165) is 30.9 Å². The number of carbonyl (C=O) groups excluding carboxylic acids is 1. The first kappa shape index (κ1) is 16.2. The summed E-state index contributed by atoms with van der Waals surface area (Å²) in [4.78, 5) is 12.3. The van der Waals surface area contributed by atoms with Gasteiger partial charge in [-0.15, -0.1) is 0 Å². The van der Waals surface area contributed by atoms with Gasteiger partial charge in [-0.25, -0.2) is 0 Å². The summed E-state index contributed by atoms with van der Waals surface area (Å²) in [5.74, 6) is 0.705. The van der Waals surface area contributed by atoms with Crippen molar-refractivity contribution in [2.45, 2.75) is 38.0 Å². The largest absolute Gasteiger partial charge is 0.491 e. The molecule has 2 N–H and O–H groups in total. The van der Waals surface area contributed by atoms with Gasteiger partial charge in [0.1, 0.15) is 18.4 Å². The highest BCUT2D eigenvalue weighted by atomic mass is 16.5. The molecule has 3 atom stereocenters. The molecule has 6 nitrogen and oxygen atoms in total. The van der Waals surface area contributed by atoms with E-state index in [0.29, 0.717) is 19.8 Å². The molecule has 1 amide bonds. The van der Waals surface area contributed by atoms with Gasteiger partial charge in [0.2, 0.25) is 5.91 Å². The summed E-state index contributed by atoms with van der Waals surface area (Å²) in [6.45, 7) is 4.64. The number of hydrogen-bond donors (Lipinski definition) is 2. The van der Waals surface area contributed by atoms with Crippen LogP contribution in [0.4, 0.5) is 5.69 Å². The third kappa shape index (κ3) is 4.43. The zero-order valence-corrected chi connectivity index (χ0v) is 13.4. The van der Waals surface area contributed by atoms with Gasteiger partial charge < -0.3 is 24.8 Å². The average molecular weight is 320 g/mol. The summed E-state index contributed by atoms with van der Waals surface area (Å²) in [5, 5.41) is 6.08. The SMILES string of the molecule is C[C@H]1OCCN[C@@H]1C(=O)Nc1ccc(OCC2CCCO2)cc1. The maximum atomic E-state index is 12.3. The monoisotopic (exact) mass is 320 g/mol. The van der Waals surface area contributed by atoms with E-state index < -0.39 is 0 Å². The number of carbonyl (C=O) groups is 1. The summed E-state index contributed by atoms with van der Waals surface area (Å²) < 4.78 is 16.7. The highest BCUT2D eigenvalue weighted by molar-refractivity contribution is 5.95. The Morgan fingerprint density at radius 1 is 1.30 bits per heavy atom. The number of benzene rings is 1. The molecule has 2 fully saturated rings. The number of morpholine rings is 1. The minimum Gasteiger partial charge on any atom is -0.491 e. The summed E-state index contributed by atoms with van der Waals surface area (Å²) in [6.07, 6.45) is 2.24. The smallest absolute Gasteiger partial charge is 0.244 e. The van der Waals surface area contributed by atoms with Crippen LogP contribution in [0.1, 0.15) is 19.8 Å². The fourth-order valence-corrected chi connectivity index (χ4v) is 2.85. The van der Waals surface area contributed by atoms with Gasteiger partial charge in [0.25, 0.3) is 0 Å². The Morgan fingerprint density at radius 2 is 2.13 bits per heavy atom. The fourth-order valence-electron chi connectivity index (χ4n) is 2.85. The van der Waals surface area contributed by atoms with Crippen LogP contribution < -0.4 is 15.4 Å². The summed E-state index contributed by atoms with van der Waals surface area (Å²) in [5.41, 5.74) is 0.749. The normalized spacial score (nSPS) is 27.6. The van der Waals surface area contributed by atoms with Gasteiger partial charge in [0, 0.05) is 18.8 Å². The third-order valence-corrected chi connectivity index (χ3v) is 4.18. The summed E-state index contributed by atoms with van der Waals surface area (Å²) in [7, 11) is 0. The van der Waals surface area contributed by atoms with Crippen LogP contribution in [-0.4, -0.2) is 50.5 Å². The average Bonchev–Trinajstić information content (AvgIpc) is 3.08. The first-order valence-corrected chi connectivity index (χ1v) is 8.23. The predicted molar refractivity (Wildman–Crippen MR) is 86.7 cm³/mol. The topological polar surface area (TPSA) is 68.8 Å². The van der Waals surface area contributed by atoms with Crippen molar-refractivity contribution in [1.29, 1.82) is 0 Å². The molecule has 0 aromatic heterocycles. The van der Waals surface area contributed by atoms with Crippen molar-refractivity contribution in [3.8, 4) is 5.75 Å². The van der Waals surface area contributed by atoms with Crippen molar-refractivity contribution in [2.75, 3.05) is 31.7 Å². The molecular weight excluding hydrogens is 296 g/mol. The van der Waals surface area contributed by atoms with Crippen molar-refractivity contribution in [3.05, 3.63) is 24.3 Å². The van der Waals surface area contributed by atoms with Gasteiger partial charge in [-0.05, 0) is 44.0 Å². The van der Waals surface area contributed by atoms with Crippen molar-refractivity contribution < 1.29 is 19.0 Å². The lowest BCUT2D eigenvalue weighted by Gasteiger charge is -2.29. The minimum absolute atomic E-state index is 0.0785. The summed E-state index contributed by atoms with van der Waals surface area (Å²) in [6, 6.07) is 7.09. The molecule has 1 unspecified atom stereocenters. The molecule has 2 aliphatic rings. The van der Waals surface area contributed by atoms with Crippen molar-refractivity contribution in [3.63, 3.8) is 0 Å². The van der Waals surface area contributed by atoms with Crippen molar-refractivity contribution in [1.82, 2.24) is 5.32 Å². The van der Waals surface area contributed by atoms with E-state index in [1.807, 2.05) is 31.2 Å². The van der Waals surface area contributed by atoms with Gasteiger partial charge in [0.15, 0.2) is 0 Å². The number of hydrogen-bond acceptors (Lipinski definition) is 5. The molecular formula is C17H24N2O4. The maximum Gasteiger partial charge on any atom is 0.244 e. The van der Waals surface area contributed by atoms with Crippen LogP contribution in [0, 0.1) is 0 Å². The Hall–Kier alpha value is -1.63. The molecule has 0 aliphatic carbocycles. The maximum absolute atomic E-state index is 12.3. The lowest BCUT2D eigenvalue weighted by atomic mass is 10.1. The molecule has 126 valence electrons. The van der Waals surface area contributed by atoms with Gasteiger partial charge >= 0.3 is 0 Å². The number of ether oxygens (including phenoxy) is 3. The molecule has 2 heterocycles. The number of nitrogens with one attached hydrogen (secondary N) is 2. The molecule has 2 aliphatic heterocycles. The van der Waals surface area contributed by atoms with E-state index in [1.54, 1.807) is 0 Å². The first-order chi connectivity index (χ1) is 11.2. The molecule has 0 saturated carbocycles. The molecule has 0 radical (unpaired) electrons. The van der Waals surface area contributed by atoms with Crippen LogP contribution in [0.5, 0.6) is 5.75 Å². The number of rotatable bonds is 5. The fraction of sp³-hybridized carbons (Fsp3) is 0.588. The standard InChI is InChI=1S/C17H24N2O4/c1-12-16(18-8-10-21-12)17(20)19-13-4-6-14(7-5-13)23-11-15-3-2-9-22-15/h4-7,12,15-16,18H,2-3,8-11H2,1H3,(H,19,20)/t12-,15?,16+/m1/s1. The van der Waals surface area contributed by atoms with E-state index in [1.165, 1.54) is 0 Å². The summed E-state index contributed by atoms with van der Waals surface area (Å²) >= 11 is 0. The highest BCUT2D eigenvalue weighted by Crippen LogP contribution is 2.19. The van der Waals surface area contributed by atoms with Crippen LogP contribution in [0.2, 0.25) is 0 Å². The molecule has 3 rings (SSSR count). The van der Waals surface area contributed by atoms with Crippen LogP contribution in [0.25, 0.3) is 0 Å². The van der Waals surface area contributed by atoms with Gasteiger partial charge in [0.05, 0.1) is 18.8 Å².